The van der Waals surface area contributed by atoms with Gasteiger partial charge in [-0.05, 0) is 51.6 Å². The average molecular weight is 250 g/mol. The van der Waals surface area contributed by atoms with Crippen LogP contribution in [0.4, 0.5) is 0 Å². The summed E-state index contributed by atoms with van der Waals surface area (Å²) in [5.41, 5.74) is 3.91. The summed E-state index contributed by atoms with van der Waals surface area (Å²) in [5, 5.41) is 13.2. The maximum atomic E-state index is 9.81. The molecule has 0 saturated carbocycles. The molecular weight excluding hydrogens is 224 g/mol. The predicted molar refractivity (Wildman–Crippen MR) is 76.9 cm³/mol. The summed E-state index contributed by atoms with van der Waals surface area (Å²) in [5.74, 6) is 0. The third-order valence-corrected chi connectivity index (χ3v) is 3.27. The lowest BCUT2D eigenvalue weighted by Gasteiger charge is -2.20. The van der Waals surface area contributed by atoms with Gasteiger partial charge in [-0.2, -0.15) is 0 Å². The van der Waals surface area contributed by atoms with Crippen LogP contribution in [0.3, 0.4) is 0 Å². The number of rotatable bonds is 6. The molecule has 0 aliphatic carbocycles. The zero-order valence-electron chi connectivity index (χ0n) is 12.2. The van der Waals surface area contributed by atoms with E-state index in [-0.39, 0.29) is 12.1 Å². The zero-order valence-corrected chi connectivity index (χ0v) is 12.2. The number of hydrogen-bond acceptors (Lipinski definition) is 3. The van der Waals surface area contributed by atoms with E-state index < -0.39 is 0 Å². The van der Waals surface area contributed by atoms with E-state index in [4.69, 9.17) is 0 Å². The highest BCUT2D eigenvalue weighted by Crippen LogP contribution is 2.16. The van der Waals surface area contributed by atoms with Crippen molar-refractivity contribution in [1.82, 2.24) is 10.2 Å². The SMILES string of the molecule is Cc1ccc(C(C)NCC(O)CN(C)C)cc1C. The number of aryl methyl sites for hydroxylation is 2. The van der Waals surface area contributed by atoms with E-state index in [0.717, 1.165) is 0 Å². The van der Waals surface area contributed by atoms with Gasteiger partial charge in [-0.1, -0.05) is 18.2 Å². The van der Waals surface area contributed by atoms with Gasteiger partial charge in [-0.25, -0.2) is 0 Å². The highest BCUT2D eigenvalue weighted by Gasteiger charge is 2.10. The van der Waals surface area contributed by atoms with Crippen molar-refractivity contribution in [3.8, 4) is 0 Å². The van der Waals surface area contributed by atoms with Gasteiger partial charge in [0.25, 0.3) is 0 Å². The summed E-state index contributed by atoms with van der Waals surface area (Å²) in [6, 6.07) is 6.78. The van der Waals surface area contributed by atoms with Crippen LogP contribution in [0.15, 0.2) is 18.2 Å². The van der Waals surface area contributed by atoms with Gasteiger partial charge in [0.05, 0.1) is 6.10 Å². The molecule has 2 unspecified atom stereocenters. The molecule has 102 valence electrons. The van der Waals surface area contributed by atoms with Crippen LogP contribution in [0.2, 0.25) is 0 Å². The van der Waals surface area contributed by atoms with Crippen molar-refractivity contribution in [2.24, 2.45) is 0 Å². The van der Waals surface area contributed by atoms with Gasteiger partial charge in [-0.15, -0.1) is 0 Å². The molecule has 0 saturated heterocycles. The van der Waals surface area contributed by atoms with E-state index >= 15 is 0 Å². The van der Waals surface area contributed by atoms with Crippen LogP contribution in [0.25, 0.3) is 0 Å². The summed E-state index contributed by atoms with van der Waals surface area (Å²) in [4.78, 5) is 1.99. The van der Waals surface area contributed by atoms with Crippen molar-refractivity contribution < 1.29 is 5.11 Å². The number of nitrogens with one attached hydrogen (secondary N) is 1. The number of benzene rings is 1. The zero-order chi connectivity index (χ0) is 13.7. The lowest BCUT2D eigenvalue weighted by Crippen LogP contribution is -2.36. The molecule has 3 heteroatoms. The van der Waals surface area contributed by atoms with Crippen LogP contribution < -0.4 is 5.32 Å². The second kappa shape index (κ2) is 6.88. The molecular formula is C15H26N2O. The molecule has 0 aromatic heterocycles. The maximum Gasteiger partial charge on any atom is 0.0791 e. The van der Waals surface area contributed by atoms with Gasteiger partial charge in [0.2, 0.25) is 0 Å². The normalized spacial score (nSPS) is 14.8. The van der Waals surface area contributed by atoms with E-state index in [2.05, 4.69) is 44.3 Å². The quantitative estimate of drug-likeness (QED) is 0.809. The van der Waals surface area contributed by atoms with E-state index in [1.54, 1.807) is 0 Å². The number of aliphatic hydroxyl groups is 1. The van der Waals surface area contributed by atoms with Crippen LogP contribution >= 0.6 is 0 Å². The fourth-order valence-corrected chi connectivity index (χ4v) is 1.95. The number of hydrogen-bond donors (Lipinski definition) is 2. The molecule has 0 aliphatic rings. The molecule has 18 heavy (non-hydrogen) atoms. The first-order valence-corrected chi connectivity index (χ1v) is 6.53. The molecule has 0 spiro atoms. The fourth-order valence-electron chi connectivity index (χ4n) is 1.95. The van der Waals surface area contributed by atoms with Crippen LogP contribution in [0, 0.1) is 13.8 Å². The first-order valence-electron chi connectivity index (χ1n) is 6.53. The third kappa shape index (κ3) is 4.77. The van der Waals surface area contributed by atoms with Gasteiger partial charge < -0.3 is 15.3 Å². The Balaban J connectivity index is 2.49. The van der Waals surface area contributed by atoms with Crippen LogP contribution in [0.1, 0.15) is 29.7 Å². The first kappa shape index (κ1) is 15.2. The third-order valence-electron chi connectivity index (χ3n) is 3.27. The van der Waals surface area contributed by atoms with Crippen molar-refractivity contribution in [3.63, 3.8) is 0 Å². The fraction of sp³-hybridized carbons (Fsp3) is 0.600. The molecule has 0 bridgehead atoms. The van der Waals surface area contributed by atoms with Crippen LogP contribution in [-0.4, -0.2) is 43.3 Å². The summed E-state index contributed by atoms with van der Waals surface area (Å²) in [6.07, 6.45) is -0.325. The Morgan fingerprint density at radius 2 is 1.89 bits per heavy atom. The van der Waals surface area contributed by atoms with E-state index in [9.17, 15) is 5.11 Å². The van der Waals surface area contributed by atoms with E-state index in [0.29, 0.717) is 13.1 Å². The van der Waals surface area contributed by atoms with Crippen molar-refractivity contribution >= 4 is 0 Å². The van der Waals surface area contributed by atoms with Crippen molar-refractivity contribution in [1.29, 1.82) is 0 Å². The molecule has 0 fully saturated rings. The monoisotopic (exact) mass is 250 g/mol. The second-order valence-corrected chi connectivity index (χ2v) is 5.39. The predicted octanol–water partition coefficient (Wildman–Crippen LogP) is 1.88. The minimum Gasteiger partial charge on any atom is -0.390 e. The van der Waals surface area contributed by atoms with Gasteiger partial charge in [0, 0.05) is 19.1 Å². The van der Waals surface area contributed by atoms with E-state index in [1.165, 1.54) is 16.7 Å². The minimum absolute atomic E-state index is 0.265. The Hall–Kier alpha value is -0.900. The van der Waals surface area contributed by atoms with Crippen molar-refractivity contribution in [2.75, 3.05) is 27.2 Å². The maximum absolute atomic E-state index is 9.81. The second-order valence-electron chi connectivity index (χ2n) is 5.39. The molecule has 2 atom stereocenters. The largest absolute Gasteiger partial charge is 0.390 e. The molecule has 0 radical (unpaired) electrons. The molecule has 0 amide bonds. The first-order chi connectivity index (χ1) is 8.40. The molecule has 0 aliphatic heterocycles. The topological polar surface area (TPSA) is 35.5 Å². The van der Waals surface area contributed by atoms with Crippen molar-refractivity contribution in [3.05, 3.63) is 34.9 Å². The molecule has 1 rings (SSSR count). The average Bonchev–Trinajstić information content (AvgIpc) is 2.28. The summed E-state index contributed by atoms with van der Waals surface area (Å²) in [6.45, 7) is 7.69. The Kier molecular flexibility index (Phi) is 5.79. The Labute approximate surface area is 111 Å². The van der Waals surface area contributed by atoms with Crippen molar-refractivity contribution in [2.45, 2.75) is 32.9 Å². The van der Waals surface area contributed by atoms with Gasteiger partial charge in [-0.3, -0.25) is 0 Å². The molecule has 1 aromatic carbocycles. The van der Waals surface area contributed by atoms with Gasteiger partial charge >= 0.3 is 0 Å². The lowest BCUT2D eigenvalue weighted by molar-refractivity contribution is 0.132. The molecule has 1 aromatic rings. The Morgan fingerprint density at radius 1 is 1.22 bits per heavy atom. The minimum atomic E-state index is -0.325. The van der Waals surface area contributed by atoms with Gasteiger partial charge in [0.1, 0.15) is 0 Å². The Bertz CT molecular complexity index is 377. The summed E-state index contributed by atoms with van der Waals surface area (Å²) in [7, 11) is 3.94. The Morgan fingerprint density at radius 3 is 2.44 bits per heavy atom. The summed E-state index contributed by atoms with van der Waals surface area (Å²) < 4.78 is 0. The van der Waals surface area contributed by atoms with E-state index in [1.807, 2.05) is 19.0 Å². The standard InChI is InChI=1S/C15H26N2O/c1-11-6-7-14(8-12(11)2)13(3)16-9-15(18)10-17(4)5/h6-8,13,15-16,18H,9-10H2,1-5H3. The van der Waals surface area contributed by atoms with Gasteiger partial charge in [0.15, 0.2) is 0 Å². The molecule has 3 nitrogen and oxygen atoms in total. The smallest absolute Gasteiger partial charge is 0.0791 e. The number of likely N-dealkylation sites (N-methyl/N-ethyl adjacent to an activating group) is 1. The lowest BCUT2D eigenvalue weighted by atomic mass is 10.0. The highest BCUT2D eigenvalue weighted by atomic mass is 16.3. The van der Waals surface area contributed by atoms with Crippen LogP contribution in [0.5, 0.6) is 0 Å². The summed E-state index contributed by atoms with van der Waals surface area (Å²) >= 11 is 0. The number of aliphatic hydroxyl groups excluding tert-OH is 1. The number of nitrogens with zero attached hydrogens (tertiary/aromatic N) is 1. The molecule has 2 N–H and O–H groups in total. The molecule has 0 heterocycles. The van der Waals surface area contributed by atoms with Crippen LogP contribution in [-0.2, 0) is 0 Å². The highest BCUT2D eigenvalue weighted by molar-refractivity contribution is 5.31.